The van der Waals surface area contributed by atoms with Crippen LogP contribution in [-0.4, -0.2) is 20.7 Å². The summed E-state index contributed by atoms with van der Waals surface area (Å²) in [5, 5.41) is 7.83. The maximum Gasteiger partial charge on any atom is 0.256 e. The van der Waals surface area contributed by atoms with Crippen LogP contribution in [0.4, 0.5) is 10.1 Å². The van der Waals surface area contributed by atoms with Crippen molar-refractivity contribution in [1.29, 1.82) is 0 Å². The van der Waals surface area contributed by atoms with Crippen molar-refractivity contribution in [3.63, 3.8) is 0 Å². The molecule has 0 aliphatic rings. The smallest absolute Gasteiger partial charge is 0.256 e. The Balaban J connectivity index is 2.10. The van der Waals surface area contributed by atoms with Crippen LogP contribution in [0.2, 0.25) is 0 Å². The largest absolute Gasteiger partial charge is 0.319 e. The van der Waals surface area contributed by atoms with Crippen LogP contribution in [0.5, 0.6) is 0 Å². The monoisotopic (exact) mass is 404 g/mol. The van der Waals surface area contributed by atoms with Crippen molar-refractivity contribution in [2.45, 2.75) is 33.7 Å². The quantitative estimate of drug-likeness (QED) is 0.682. The number of anilines is 1. The number of carbonyl (C=O) groups is 1. The normalized spacial score (nSPS) is 11.3. The maximum atomic E-state index is 14.0. The molecule has 1 aromatic carbocycles. The maximum absolute atomic E-state index is 14.0. The molecule has 1 amide bonds. The van der Waals surface area contributed by atoms with E-state index in [1.54, 1.807) is 16.8 Å². The van der Waals surface area contributed by atoms with Crippen molar-refractivity contribution < 1.29 is 9.18 Å². The molecule has 2 heterocycles. The van der Waals surface area contributed by atoms with Gasteiger partial charge in [0.15, 0.2) is 5.65 Å². The molecule has 0 saturated heterocycles. The van der Waals surface area contributed by atoms with Gasteiger partial charge < -0.3 is 5.32 Å². The zero-order chi connectivity index (χ0) is 18.3. The van der Waals surface area contributed by atoms with Crippen LogP contribution >= 0.6 is 15.9 Å². The van der Waals surface area contributed by atoms with Gasteiger partial charge in [-0.2, -0.15) is 5.10 Å². The molecule has 3 rings (SSSR count). The summed E-state index contributed by atoms with van der Waals surface area (Å²) in [6.45, 7) is 7.68. The molecular weight excluding hydrogens is 387 g/mol. The van der Waals surface area contributed by atoms with Crippen LogP contribution in [-0.2, 0) is 0 Å². The van der Waals surface area contributed by atoms with E-state index in [0.717, 1.165) is 5.69 Å². The number of hydrogen-bond acceptors (Lipinski definition) is 3. The van der Waals surface area contributed by atoms with E-state index in [0.29, 0.717) is 26.8 Å². The lowest BCUT2D eigenvalue weighted by Crippen LogP contribution is -2.14. The second kappa shape index (κ2) is 6.55. The molecule has 0 saturated carbocycles. The number of pyridine rings is 1. The van der Waals surface area contributed by atoms with Gasteiger partial charge in [-0.25, -0.2) is 14.1 Å². The van der Waals surface area contributed by atoms with Crippen molar-refractivity contribution >= 4 is 38.6 Å². The molecule has 0 spiro atoms. The fraction of sp³-hybridized carbons (Fsp3) is 0.278. The molecule has 3 aromatic rings. The molecule has 0 fully saturated rings. The Kier molecular flexibility index (Phi) is 4.60. The number of hydrogen-bond donors (Lipinski definition) is 1. The lowest BCUT2D eigenvalue weighted by molar-refractivity contribution is 0.102. The second-order valence-electron chi connectivity index (χ2n) is 6.21. The summed E-state index contributed by atoms with van der Waals surface area (Å²) in [5.74, 6) is -0.887. The van der Waals surface area contributed by atoms with Gasteiger partial charge in [-0.15, -0.1) is 0 Å². The number of nitrogens with zero attached hydrogens (tertiary/aromatic N) is 3. The number of carbonyl (C=O) groups excluding carboxylic acids is 1. The van der Waals surface area contributed by atoms with Crippen molar-refractivity contribution in [1.82, 2.24) is 14.8 Å². The van der Waals surface area contributed by atoms with E-state index < -0.39 is 5.82 Å². The van der Waals surface area contributed by atoms with Gasteiger partial charge >= 0.3 is 0 Å². The fourth-order valence-corrected chi connectivity index (χ4v) is 3.09. The van der Waals surface area contributed by atoms with E-state index in [1.807, 2.05) is 27.7 Å². The second-order valence-corrected chi connectivity index (χ2v) is 7.13. The molecule has 0 unspecified atom stereocenters. The molecular formula is C18H18BrFN4O. The molecule has 1 N–H and O–H groups in total. The Morgan fingerprint density at radius 1 is 1.28 bits per heavy atom. The number of aromatic nitrogens is 3. The number of nitrogens with one attached hydrogen (secondary N) is 1. The van der Waals surface area contributed by atoms with Crippen molar-refractivity contribution in [2.75, 3.05) is 5.32 Å². The SMILES string of the molecule is Cc1cc(C(=O)Nc2ccc(Br)cc2F)c2c(C)nn(C(C)C)c2n1. The summed E-state index contributed by atoms with van der Waals surface area (Å²) in [6, 6.07) is 6.32. The molecule has 5 nitrogen and oxygen atoms in total. The third-order valence-electron chi connectivity index (χ3n) is 3.88. The molecule has 0 atom stereocenters. The minimum absolute atomic E-state index is 0.116. The summed E-state index contributed by atoms with van der Waals surface area (Å²) in [4.78, 5) is 17.3. The standard InChI is InChI=1S/C18H18BrFN4O/c1-9(2)24-17-16(11(4)23-24)13(7-10(3)21-17)18(25)22-15-6-5-12(19)8-14(15)20/h5-9H,1-4H3,(H,22,25). The highest BCUT2D eigenvalue weighted by molar-refractivity contribution is 9.10. The van der Waals surface area contributed by atoms with Gasteiger partial charge in [0.25, 0.3) is 5.91 Å². The van der Waals surface area contributed by atoms with Gasteiger partial charge in [0.1, 0.15) is 5.82 Å². The lowest BCUT2D eigenvalue weighted by atomic mass is 10.1. The van der Waals surface area contributed by atoms with Crippen LogP contribution in [0, 0.1) is 19.7 Å². The summed E-state index contributed by atoms with van der Waals surface area (Å²) in [6.07, 6.45) is 0. The van der Waals surface area contributed by atoms with Gasteiger partial charge in [0.2, 0.25) is 0 Å². The predicted molar refractivity (Wildman–Crippen MR) is 99.4 cm³/mol. The topological polar surface area (TPSA) is 59.8 Å². The summed E-state index contributed by atoms with van der Waals surface area (Å²) >= 11 is 3.20. The number of rotatable bonds is 3. The highest BCUT2D eigenvalue weighted by Crippen LogP contribution is 2.26. The first kappa shape index (κ1) is 17.5. The van der Waals surface area contributed by atoms with Gasteiger partial charge in [0.05, 0.1) is 22.3 Å². The third kappa shape index (κ3) is 3.28. The van der Waals surface area contributed by atoms with Gasteiger partial charge in [0, 0.05) is 16.2 Å². The molecule has 0 aliphatic heterocycles. The van der Waals surface area contributed by atoms with Gasteiger partial charge in [-0.1, -0.05) is 15.9 Å². The summed E-state index contributed by atoms with van der Waals surface area (Å²) in [5.41, 5.74) is 2.65. The summed E-state index contributed by atoms with van der Waals surface area (Å²) < 4.78 is 16.4. The molecule has 0 aliphatic carbocycles. The highest BCUT2D eigenvalue weighted by Gasteiger charge is 2.20. The molecule has 2 aromatic heterocycles. The Bertz CT molecular complexity index is 981. The van der Waals surface area contributed by atoms with Crippen LogP contribution in [0.3, 0.4) is 0 Å². The first-order valence-corrected chi connectivity index (χ1v) is 8.70. The Hall–Kier alpha value is -2.28. The van der Waals surface area contributed by atoms with E-state index in [-0.39, 0.29) is 17.6 Å². The molecule has 130 valence electrons. The van der Waals surface area contributed by atoms with Crippen LogP contribution < -0.4 is 5.32 Å². The minimum Gasteiger partial charge on any atom is -0.319 e. The average molecular weight is 405 g/mol. The Morgan fingerprint density at radius 3 is 2.64 bits per heavy atom. The fourth-order valence-electron chi connectivity index (χ4n) is 2.76. The Morgan fingerprint density at radius 2 is 2.00 bits per heavy atom. The van der Waals surface area contributed by atoms with Crippen molar-refractivity contribution in [2.24, 2.45) is 0 Å². The van der Waals surface area contributed by atoms with Crippen LogP contribution in [0.25, 0.3) is 11.0 Å². The predicted octanol–water partition coefficient (Wildman–Crippen LogP) is 4.78. The lowest BCUT2D eigenvalue weighted by Gasteiger charge is -2.10. The number of fused-ring (bicyclic) bond motifs is 1. The number of aryl methyl sites for hydroxylation is 2. The number of halogens is 2. The van der Waals surface area contributed by atoms with E-state index in [4.69, 9.17) is 0 Å². The van der Waals surface area contributed by atoms with Crippen LogP contribution in [0.15, 0.2) is 28.7 Å². The summed E-state index contributed by atoms with van der Waals surface area (Å²) in [7, 11) is 0. The highest BCUT2D eigenvalue weighted by atomic mass is 79.9. The minimum atomic E-state index is -0.501. The van der Waals surface area contributed by atoms with Crippen molar-refractivity contribution in [3.05, 3.63) is 51.5 Å². The van der Waals surface area contributed by atoms with E-state index >= 15 is 0 Å². The van der Waals surface area contributed by atoms with E-state index in [1.165, 1.54) is 12.1 Å². The van der Waals surface area contributed by atoms with E-state index in [9.17, 15) is 9.18 Å². The third-order valence-corrected chi connectivity index (χ3v) is 4.37. The average Bonchev–Trinajstić information content (AvgIpc) is 2.86. The molecule has 7 heteroatoms. The van der Waals surface area contributed by atoms with Crippen molar-refractivity contribution in [3.8, 4) is 0 Å². The van der Waals surface area contributed by atoms with E-state index in [2.05, 4.69) is 31.3 Å². The number of amides is 1. The van der Waals surface area contributed by atoms with Gasteiger partial charge in [-0.3, -0.25) is 4.79 Å². The zero-order valence-electron chi connectivity index (χ0n) is 14.4. The first-order valence-electron chi connectivity index (χ1n) is 7.90. The number of benzene rings is 1. The molecule has 0 bridgehead atoms. The molecule has 0 radical (unpaired) electrons. The zero-order valence-corrected chi connectivity index (χ0v) is 16.0. The van der Waals surface area contributed by atoms with Crippen LogP contribution in [0.1, 0.15) is 41.6 Å². The first-order chi connectivity index (χ1) is 11.8. The molecule has 25 heavy (non-hydrogen) atoms. The Labute approximate surface area is 153 Å². The van der Waals surface area contributed by atoms with Gasteiger partial charge in [-0.05, 0) is 52.0 Å².